The van der Waals surface area contributed by atoms with Crippen LogP contribution in [0, 0.1) is 12.3 Å². The van der Waals surface area contributed by atoms with Gasteiger partial charge in [0, 0.05) is 21.6 Å². The third-order valence-corrected chi connectivity index (χ3v) is 9.87. The van der Waals surface area contributed by atoms with Gasteiger partial charge in [0.05, 0.1) is 16.6 Å². The van der Waals surface area contributed by atoms with Crippen molar-refractivity contribution in [2.45, 2.75) is 26.2 Å². The summed E-state index contributed by atoms with van der Waals surface area (Å²) in [5, 5.41) is 5.56. The Morgan fingerprint density at radius 2 is 1.48 bits per heavy atom. The Balaban J connectivity index is 1.38. The molecule has 46 heavy (non-hydrogen) atoms. The van der Waals surface area contributed by atoms with E-state index in [0.29, 0.717) is 22.8 Å². The summed E-state index contributed by atoms with van der Waals surface area (Å²) in [6.45, 7) is 6.73. The van der Waals surface area contributed by atoms with E-state index < -0.39 is 0 Å². The van der Waals surface area contributed by atoms with Crippen LogP contribution in [-0.4, -0.2) is 14.5 Å². The Kier molecular flexibility index (Phi) is 5.49. The van der Waals surface area contributed by atoms with Crippen molar-refractivity contribution in [3.8, 4) is 18.2 Å². The van der Waals surface area contributed by atoms with E-state index in [-0.39, 0.29) is 5.41 Å². The van der Waals surface area contributed by atoms with Gasteiger partial charge in [0.25, 0.3) is 0 Å². The Hall–Kier alpha value is -5.92. The topological polar surface area (TPSA) is 43.9 Å². The van der Waals surface area contributed by atoms with E-state index in [4.69, 9.17) is 20.8 Å². The number of rotatable bonds is 3. The molecule has 0 N–H and O–H groups in total. The van der Waals surface area contributed by atoms with Gasteiger partial charge < -0.3 is 4.42 Å². The largest absolute Gasteiger partial charge is 0.450 e. The molecule has 4 heteroatoms. The Morgan fingerprint density at radius 1 is 0.783 bits per heavy atom. The highest BCUT2D eigenvalue weighted by Gasteiger charge is 2.34. The molecule has 9 rings (SSSR count). The molecule has 0 unspecified atom stereocenters. The number of benzene rings is 5. The highest BCUT2D eigenvalue weighted by Crippen LogP contribution is 2.47. The second-order valence-electron chi connectivity index (χ2n) is 12.6. The summed E-state index contributed by atoms with van der Waals surface area (Å²) in [5.41, 5.74) is 9.61. The molecule has 0 amide bonds. The van der Waals surface area contributed by atoms with Crippen molar-refractivity contribution in [3.63, 3.8) is 0 Å². The average molecular weight is 592 g/mol. The van der Waals surface area contributed by atoms with E-state index in [0.717, 1.165) is 49.3 Å². The Bertz CT molecular complexity index is 2690. The fourth-order valence-electron chi connectivity index (χ4n) is 7.24. The van der Waals surface area contributed by atoms with Gasteiger partial charge in [-0.2, -0.15) is 0 Å². The molecular formula is C42H29N3O. The number of nitrogens with zero attached hydrogens (tertiary/aromatic N) is 3. The van der Waals surface area contributed by atoms with Gasteiger partial charge >= 0.3 is 0 Å². The first kappa shape index (κ1) is 26.5. The monoisotopic (exact) mass is 591 g/mol. The molecular weight excluding hydrogens is 562 g/mol. The zero-order valence-electron chi connectivity index (χ0n) is 25.8. The van der Waals surface area contributed by atoms with Gasteiger partial charge in [0.2, 0.25) is 0 Å². The van der Waals surface area contributed by atoms with Gasteiger partial charge in [-0.1, -0.05) is 104 Å². The second-order valence-corrected chi connectivity index (χ2v) is 12.6. The first-order valence-corrected chi connectivity index (χ1v) is 15.6. The van der Waals surface area contributed by atoms with Crippen molar-refractivity contribution in [2.75, 3.05) is 0 Å². The molecule has 3 heterocycles. The van der Waals surface area contributed by atoms with Crippen LogP contribution in [0.4, 0.5) is 0 Å². The number of para-hydroxylation sites is 2. The van der Waals surface area contributed by atoms with E-state index in [2.05, 4.69) is 122 Å². The number of hydrogen-bond donors (Lipinski definition) is 0. The molecule has 0 aliphatic heterocycles. The van der Waals surface area contributed by atoms with Crippen LogP contribution < -0.4 is 0 Å². The van der Waals surface area contributed by atoms with Crippen LogP contribution in [-0.2, 0) is 5.41 Å². The van der Waals surface area contributed by atoms with Gasteiger partial charge in [0.1, 0.15) is 11.1 Å². The van der Waals surface area contributed by atoms with E-state index in [1.54, 1.807) is 0 Å². The summed E-state index contributed by atoms with van der Waals surface area (Å²) in [6, 6.07) is 38.0. The quantitative estimate of drug-likeness (QED) is 0.192. The molecule has 1 aliphatic carbocycles. The van der Waals surface area contributed by atoms with Crippen molar-refractivity contribution in [1.29, 1.82) is 0 Å². The SMILES string of the molecule is C#C/C(=C\C1=C(C)C(C)(C)c2ccccc21)c1nc(-n2c3ccccc3c3cc4ccccc4cc32)c2oc3ccccc3c2n1. The number of fused-ring (bicyclic) bond motifs is 8. The molecule has 0 radical (unpaired) electrons. The zero-order chi connectivity index (χ0) is 31.2. The van der Waals surface area contributed by atoms with Crippen LogP contribution in [0.5, 0.6) is 0 Å². The van der Waals surface area contributed by atoms with Crippen LogP contribution in [0.1, 0.15) is 37.7 Å². The van der Waals surface area contributed by atoms with Crippen LogP contribution in [0.15, 0.2) is 125 Å². The lowest BCUT2D eigenvalue weighted by molar-refractivity contribution is 0.639. The van der Waals surface area contributed by atoms with Gasteiger partial charge in [-0.25, -0.2) is 9.97 Å². The molecule has 0 spiro atoms. The zero-order valence-corrected chi connectivity index (χ0v) is 25.8. The fraction of sp³-hybridized carbons (Fsp3) is 0.0952. The summed E-state index contributed by atoms with van der Waals surface area (Å²) in [5.74, 6) is 4.12. The molecule has 5 aromatic carbocycles. The van der Waals surface area contributed by atoms with E-state index in [1.165, 1.54) is 22.1 Å². The second kappa shape index (κ2) is 9.54. The third kappa shape index (κ3) is 3.63. The number of terminal acetylenes is 1. The van der Waals surface area contributed by atoms with E-state index in [1.807, 2.05) is 24.3 Å². The predicted molar refractivity (Wildman–Crippen MR) is 190 cm³/mol. The fourth-order valence-corrected chi connectivity index (χ4v) is 7.24. The van der Waals surface area contributed by atoms with Crippen LogP contribution in [0.3, 0.4) is 0 Å². The molecule has 0 saturated heterocycles. The van der Waals surface area contributed by atoms with Crippen LogP contribution >= 0.6 is 0 Å². The lowest BCUT2D eigenvalue weighted by Gasteiger charge is -2.21. The minimum absolute atomic E-state index is 0.107. The number of aromatic nitrogens is 3. The molecule has 218 valence electrons. The maximum atomic E-state index is 6.56. The average Bonchev–Trinajstić information content (AvgIpc) is 3.68. The third-order valence-electron chi connectivity index (χ3n) is 9.87. The number of allylic oxidation sites excluding steroid dienone is 4. The predicted octanol–water partition coefficient (Wildman–Crippen LogP) is 10.4. The van der Waals surface area contributed by atoms with Crippen molar-refractivity contribution in [3.05, 3.63) is 138 Å². The lowest BCUT2D eigenvalue weighted by Crippen LogP contribution is -2.15. The minimum atomic E-state index is -0.107. The maximum Gasteiger partial charge on any atom is 0.197 e. The molecule has 0 atom stereocenters. The Labute approximate surface area is 266 Å². The summed E-state index contributed by atoms with van der Waals surface area (Å²) < 4.78 is 8.77. The van der Waals surface area contributed by atoms with Crippen molar-refractivity contribution < 1.29 is 4.42 Å². The number of furan rings is 1. The molecule has 0 saturated carbocycles. The highest BCUT2D eigenvalue weighted by atomic mass is 16.3. The molecule has 3 aromatic heterocycles. The van der Waals surface area contributed by atoms with E-state index in [9.17, 15) is 0 Å². The molecule has 8 aromatic rings. The smallest absolute Gasteiger partial charge is 0.197 e. The normalized spacial score (nSPS) is 14.6. The minimum Gasteiger partial charge on any atom is -0.450 e. The van der Waals surface area contributed by atoms with Crippen LogP contribution in [0.25, 0.3) is 71.6 Å². The first-order valence-electron chi connectivity index (χ1n) is 15.6. The summed E-state index contributed by atoms with van der Waals surface area (Å²) >= 11 is 0. The van der Waals surface area contributed by atoms with Gasteiger partial charge in [0.15, 0.2) is 17.2 Å². The van der Waals surface area contributed by atoms with Gasteiger partial charge in [-0.15, -0.1) is 6.42 Å². The molecule has 1 aliphatic rings. The molecule has 0 fully saturated rings. The summed E-state index contributed by atoms with van der Waals surface area (Å²) in [7, 11) is 0. The maximum absolute atomic E-state index is 6.56. The standard InChI is InChI=1S/C42H29N3O/c1-5-26(22-32-25(2)42(3,4)34-19-11-8-16-29(32)34)40-43-38-31-18-10-13-21-37(31)46-39(38)41(44-40)45-35-20-12-9-17-30(35)33-23-27-14-6-7-15-28(27)24-36(33)45/h1,6-24H,2-4H3/b26-22+. The van der Waals surface area contributed by atoms with Crippen molar-refractivity contribution in [1.82, 2.24) is 14.5 Å². The number of hydrogen-bond acceptors (Lipinski definition) is 3. The lowest BCUT2D eigenvalue weighted by atomic mass is 9.82. The first-order chi connectivity index (χ1) is 22.4. The summed E-state index contributed by atoms with van der Waals surface area (Å²) in [6.07, 6.45) is 8.40. The van der Waals surface area contributed by atoms with E-state index >= 15 is 0 Å². The molecule has 4 nitrogen and oxygen atoms in total. The van der Waals surface area contributed by atoms with Gasteiger partial charge in [-0.3, -0.25) is 4.57 Å². The summed E-state index contributed by atoms with van der Waals surface area (Å²) in [4.78, 5) is 10.4. The van der Waals surface area contributed by atoms with Crippen LogP contribution in [0.2, 0.25) is 0 Å². The highest BCUT2D eigenvalue weighted by molar-refractivity contribution is 6.15. The Morgan fingerprint density at radius 3 is 2.30 bits per heavy atom. The van der Waals surface area contributed by atoms with Gasteiger partial charge in [-0.05, 0) is 70.8 Å². The molecule has 0 bridgehead atoms. The van der Waals surface area contributed by atoms with Crippen molar-refractivity contribution in [2.24, 2.45) is 0 Å². The van der Waals surface area contributed by atoms with Crippen molar-refractivity contribution >= 4 is 65.8 Å².